The van der Waals surface area contributed by atoms with Gasteiger partial charge < -0.3 is 32.7 Å². The molecule has 2 aliphatic rings. The molecule has 2 saturated heterocycles. The van der Waals surface area contributed by atoms with Crippen LogP contribution in [0.2, 0.25) is 0 Å². The zero-order chi connectivity index (χ0) is 40.1. The molecular weight excluding hydrogens is 761 g/mol. The number of rotatable bonds is 10. The quantitative estimate of drug-likeness (QED) is 0.0750. The third kappa shape index (κ3) is 10.9. The molecule has 2 fully saturated rings. The van der Waals surface area contributed by atoms with Crippen LogP contribution >= 0.6 is 23.5 Å². The summed E-state index contributed by atoms with van der Waals surface area (Å²) < 4.78 is 0. The van der Waals surface area contributed by atoms with Crippen LogP contribution in [0, 0.1) is 0 Å². The first-order valence-electron chi connectivity index (χ1n) is 18.8. The van der Waals surface area contributed by atoms with Crippen molar-refractivity contribution in [2.45, 2.75) is 25.2 Å². The second kappa shape index (κ2) is 19.6. The number of carbonyl (C=O) groups is 2. The van der Waals surface area contributed by atoms with Crippen LogP contribution in [-0.2, 0) is 13.1 Å². The molecule has 58 heavy (non-hydrogen) atoms. The number of nitrogens with two attached hydrogens (primary N) is 2. The largest absolute Gasteiger partial charge is 0.397 e. The molecule has 8 rings (SSSR count). The van der Waals surface area contributed by atoms with Crippen LogP contribution in [0.5, 0.6) is 0 Å². The highest BCUT2D eigenvalue weighted by atomic mass is 32.2. The van der Waals surface area contributed by atoms with Crippen molar-refractivity contribution < 1.29 is 9.59 Å². The highest BCUT2D eigenvalue weighted by Crippen LogP contribution is 2.28. The van der Waals surface area contributed by atoms with Crippen molar-refractivity contribution in [2.75, 3.05) is 33.6 Å². The van der Waals surface area contributed by atoms with Gasteiger partial charge in [-0.15, -0.1) is 0 Å². The van der Waals surface area contributed by atoms with Gasteiger partial charge in [0.25, 0.3) is 11.8 Å². The van der Waals surface area contributed by atoms with Gasteiger partial charge in [-0.05, 0) is 70.8 Å². The molecule has 0 radical (unpaired) electrons. The molecule has 292 valence electrons. The maximum atomic E-state index is 12.4. The minimum atomic E-state index is -0.181. The highest BCUT2D eigenvalue weighted by Gasteiger charge is 2.22. The van der Waals surface area contributed by atoms with E-state index in [1.165, 1.54) is 11.1 Å². The van der Waals surface area contributed by atoms with Gasteiger partial charge in [-0.25, -0.2) is 0 Å². The number of amides is 2. The summed E-state index contributed by atoms with van der Waals surface area (Å²) in [5, 5.41) is 14.5. The van der Waals surface area contributed by atoms with Crippen molar-refractivity contribution in [2.24, 2.45) is 9.98 Å². The van der Waals surface area contributed by atoms with E-state index in [4.69, 9.17) is 11.5 Å². The summed E-state index contributed by atoms with van der Waals surface area (Å²) in [4.78, 5) is 34.2. The third-order valence-corrected chi connectivity index (χ3v) is 11.5. The Morgan fingerprint density at radius 3 is 1.26 bits per heavy atom. The molecule has 2 amide bonds. The van der Waals surface area contributed by atoms with E-state index < -0.39 is 0 Å². The van der Waals surface area contributed by atoms with Gasteiger partial charge in [-0.1, -0.05) is 133 Å². The molecule has 0 saturated carbocycles. The third-order valence-electron chi connectivity index (χ3n) is 9.43. The molecular formula is C46H44N8O2S2. The number of hydrogen-bond acceptors (Lipinski definition) is 8. The van der Waals surface area contributed by atoms with Crippen LogP contribution in [0.1, 0.15) is 55.1 Å². The Morgan fingerprint density at radius 1 is 0.517 bits per heavy atom. The Kier molecular flexibility index (Phi) is 13.4. The summed E-state index contributed by atoms with van der Waals surface area (Å²) in [6.45, 7) is 1.15. The van der Waals surface area contributed by atoms with E-state index in [0.29, 0.717) is 59.0 Å². The molecule has 10 nitrogen and oxygen atoms in total. The zero-order valence-electron chi connectivity index (χ0n) is 31.7. The summed E-state index contributed by atoms with van der Waals surface area (Å²) >= 11 is 3.48. The molecule has 0 aromatic heterocycles. The molecule has 0 aliphatic carbocycles. The Bertz CT molecular complexity index is 2210. The molecule has 6 aromatic rings. The SMILES string of the molecule is Nc1ccccc1NC(=O)c1ccc(CN=C2NC(c3ccccc3)CS2)cc1.Nc1ccccc1NC(=O)c1ccc(CN=C2NC(c3ccccc3)CS2)cc1. The zero-order valence-corrected chi connectivity index (χ0v) is 33.3. The second-order valence-electron chi connectivity index (χ2n) is 13.6. The second-order valence-corrected chi connectivity index (χ2v) is 15.6. The maximum absolute atomic E-state index is 12.4. The first-order chi connectivity index (χ1) is 28.4. The summed E-state index contributed by atoms with van der Waals surface area (Å²) in [5.74, 6) is 1.59. The fourth-order valence-corrected chi connectivity index (χ4v) is 8.13. The average molecular weight is 805 g/mol. The van der Waals surface area contributed by atoms with E-state index in [1.54, 1.807) is 47.8 Å². The van der Waals surface area contributed by atoms with Crippen molar-refractivity contribution in [3.05, 3.63) is 191 Å². The predicted octanol–water partition coefficient (Wildman–Crippen LogP) is 8.91. The van der Waals surface area contributed by atoms with Crippen LogP contribution in [0.15, 0.2) is 168 Å². The van der Waals surface area contributed by atoms with E-state index in [-0.39, 0.29) is 11.8 Å². The number of anilines is 4. The van der Waals surface area contributed by atoms with Crippen LogP contribution in [0.3, 0.4) is 0 Å². The first-order valence-corrected chi connectivity index (χ1v) is 20.8. The summed E-state index contributed by atoms with van der Waals surface area (Å²) in [7, 11) is 0. The summed E-state index contributed by atoms with van der Waals surface area (Å²) in [6.07, 6.45) is 0. The first kappa shape index (κ1) is 39.7. The Labute approximate surface area is 347 Å². The molecule has 0 bridgehead atoms. The lowest BCUT2D eigenvalue weighted by Gasteiger charge is -2.09. The van der Waals surface area contributed by atoms with E-state index >= 15 is 0 Å². The Morgan fingerprint density at radius 2 is 0.879 bits per heavy atom. The molecule has 8 N–H and O–H groups in total. The number of benzene rings is 6. The number of thioether (sulfide) groups is 2. The van der Waals surface area contributed by atoms with Crippen LogP contribution < -0.4 is 32.7 Å². The maximum Gasteiger partial charge on any atom is 0.255 e. The van der Waals surface area contributed by atoms with Crippen LogP contribution in [-0.4, -0.2) is 33.7 Å². The van der Waals surface area contributed by atoms with E-state index in [2.05, 4.69) is 79.8 Å². The monoisotopic (exact) mass is 804 g/mol. The van der Waals surface area contributed by atoms with Crippen LogP contribution in [0.4, 0.5) is 22.7 Å². The molecule has 0 spiro atoms. The smallest absolute Gasteiger partial charge is 0.255 e. The number of nitrogens with zero attached hydrogens (tertiary/aromatic N) is 2. The minimum absolute atomic E-state index is 0.181. The fourth-order valence-electron chi connectivity index (χ4n) is 6.16. The van der Waals surface area contributed by atoms with Crippen molar-refractivity contribution >= 4 is 68.4 Å². The lowest BCUT2D eigenvalue weighted by molar-refractivity contribution is 0.101. The van der Waals surface area contributed by atoms with Gasteiger partial charge in [0.2, 0.25) is 0 Å². The van der Waals surface area contributed by atoms with E-state index in [0.717, 1.165) is 33.0 Å². The van der Waals surface area contributed by atoms with Gasteiger partial charge in [0, 0.05) is 22.6 Å². The molecule has 6 aromatic carbocycles. The molecule has 2 aliphatic heterocycles. The predicted molar refractivity (Wildman–Crippen MR) is 242 cm³/mol. The van der Waals surface area contributed by atoms with Crippen LogP contribution in [0.25, 0.3) is 0 Å². The van der Waals surface area contributed by atoms with Crippen molar-refractivity contribution in [3.8, 4) is 0 Å². The fraction of sp³-hybridized carbons (Fsp3) is 0.130. The molecule has 2 unspecified atom stereocenters. The number of nitrogens with one attached hydrogen (secondary N) is 4. The molecule has 2 heterocycles. The average Bonchev–Trinajstić information content (AvgIpc) is 3.96. The Hall–Kier alpha value is -6.50. The lowest BCUT2D eigenvalue weighted by atomic mass is 10.1. The number of para-hydroxylation sites is 4. The number of carbonyl (C=O) groups excluding carboxylic acids is 2. The number of nitrogen functional groups attached to an aromatic ring is 2. The number of amidine groups is 2. The number of hydrogen-bond donors (Lipinski definition) is 6. The summed E-state index contributed by atoms with van der Waals surface area (Å²) in [6, 6.07) is 50.8. The Balaban J connectivity index is 0.000000177. The summed E-state index contributed by atoms with van der Waals surface area (Å²) in [5.41, 5.74) is 19.9. The van der Waals surface area contributed by atoms with Crippen molar-refractivity contribution in [3.63, 3.8) is 0 Å². The van der Waals surface area contributed by atoms with Gasteiger partial charge in [-0.2, -0.15) is 0 Å². The normalized spacial score (nSPS) is 17.1. The number of aliphatic imine (C=N–C) groups is 2. The minimum Gasteiger partial charge on any atom is -0.397 e. The lowest BCUT2D eigenvalue weighted by Crippen LogP contribution is -2.19. The van der Waals surface area contributed by atoms with Gasteiger partial charge >= 0.3 is 0 Å². The van der Waals surface area contributed by atoms with Gasteiger partial charge in [-0.3, -0.25) is 19.6 Å². The van der Waals surface area contributed by atoms with Gasteiger partial charge in [0.15, 0.2) is 10.3 Å². The molecule has 12 heteroatoms. The topological polar surface area (TPSA) is 159 Å². The van der Waals surface area contributed by atoms with E-state index in [1.807, 2.05) is 84.9 Å². The van der Waals surface area contributed by atoms with Gasteiger partial charge in [0.1, 0.15) is 0 Å². The van der Waals surface area contributed by atoms with Crippen molar-refractivity contribution in [1.82, 2.24) is 10.6 Å². The van der Waals surface area contributed by atoms with Crippen molar-refractivity contribution in [1.29, 1.82) is 0 Å². The highest BCUT2D eigenvalue weighted by molar-refractivity contribution is 8.14. The van der Waals surface area contributed by atoms with E-state index in [9.17, 15) is 9.59 Å². The standard InChI is InChI=1S/2C23H22N4OS/c2*24-19-8-4-5-9-20(19)26-22(28)18-12-10-16(11-13-18)14-25-23-27-21(15-29-23)17-6-2-1-3-7-17/h2*1-13,21H,14-15,24H2,(H,25,27)(H,26,28). The molecule has 2 atom stereocenters. The van der Waals surface area contributed by atoms with Gasteiger partial charge in [0.05, 0.1) is 47.9 Å².